The van der Waals surface area contributed by atoms with E-state index in [2.05, 4.69) is 15.4 Å². The van der Waals surface area contributed by atoms with Crippen molar-refractivity contribution in [3.8, 4) is 5.69 Å². The van der Waals surface area contributed by atoms with Gasteiger partial charge < -0.3 is 15.1 Å². The zero-order valence-corrected chi connectivity index (χ0v) is 27.0. The van der Waals surface area contributed by atoms with Gasteiger partial charge in [0, 0.05) is 29.6 Å². The van der Waals surface area contributed by atoms with Gasteiger partial charge in [0.05, 0.1) is 47.7 Å². The molecule has 0 saturated heterocycles. The number of aliphatic hydroxyl groups is 2. The van der Waals surface area contributed by atoms with Gasteiger partial charge in [0.15, 0.2) is 5.60 Å². The Bertz CT molecular complexity index is 2200. The van der Waals surface area contributed by atoms with Crippen LogP contribution in [0.1, 0.15) is 41.6 Å². The van der Waals surface area contributed by atoms with E-state index in [9.17, 15) is 19.8 Å². The Kier molecular flexibility index (Phi) is 8.73. The molecule has 2 N–H and O–H groups in total. The smallest absolute Gasteiger partial charge is 0.279 e. The quantitative estimate of drug-likeness (QED) is 0.186. The van der Waals surface area contributed by atoms with Gasteiger partial charge in [-0.2, -0.15) is 9.78 Å². The lowest BCUT2D eigenvalue weighted by molar-refractivity contribution is -0.139. The first-order valence-electron chi connectivity index (χ1n) is 16.3. The Morgan fingerprint density at radius 3 is 2.43 bits per heavy atom. The number of amides is 1. The molecule has 3 atom stereocenters. The van der Waals surface area contributed by atoms with Gasteiger partial charge in [0.25, 0.3) is 11.5 Å². The first-order chi connectivity index (χ1) is 23.9. The second kappa shape index (κ2) is 13.4. The number of aryl methyl sites for hydroxylation is 1. The Balaban J connectivity index is 1.16. The van der Waals surface area contributed by atoms with Crippen molar-refractivity contribution in [3.63, 3.8) is 0 Å². The molecule has 1 amide bonds. The molecule has 0 spiro atoms. The minimum Gasteiger partial charge on any atom is -0.395 e. The van der Waals surface area contributed by atoms with Crippen LogP contribution in [-0.4, -0.2) is 47.5 Å². The van der Waals surface area contributed by atoms with Crippen molar-refractivity contribution >= 4 is 22.4 Å². The van der Waals surface area contributed by atoms with Crippen LogP contribution in [0.3, 0.4) is 0 Å². The molecule has 0 fully saturated rings. The third kappa shape index (κ3) is 5.96. The number of nitrogens with zero attached hydrogens (tertiary/aromatic N) is 6. The van der Waals surface area contributed by atoms with Crippen LogP contribution in [0, 0.1) is 5.92 Å². The summed E-state index contributed by atoms with van der Waals surface area (Å²) in [5, 5.41) is 36.6. The number of carbonyl (C=O) groups excluding carboxylic acids is 1. The van der Waals surface area contributed by atoms with Gasteiger partial charge in [-0.1, -0.05) is 103 Å². The number of fused-ring (bicyclic) bond motifs is 2. The van der Waals surface area contributed by atoms with Crippen LogP contribution in [0.4, 0.5) is 5.69 Å². The summed E-state index contributed by atoms with van der Waals surface area (Å²) in [4.78, 5) is 29.2. The molecule has 0 aliphatic carbocycles. The van der Waals surface area contributed by atoms with Crippen molar-refractivity contribution in [2.75, 3.05) is 11.5 Å². The highest BCUT2D eigenvalue weighted by Crippen LogP contribution is 2.46. The van der Waals surface area contributed by atoms with Crippen LogP contribution in [-0.2, 0) is 23.5 Å². The Labute approximate surface area is 283 Å². The molecule has 1 unspecified atom stereocenters. The second-order valence-electron chi connectivity index (χ2n) is 12.4. The third-order valence-electron chi connectivity index (χ3n) is 9.28. The van der Waals surface area contributed by atoms with Gasteiger partial charge in [-0.3, -0.25) is 14.3 Å². The molecule has 3 heterocycles. The summed E-state index contributed by atoms with van der Waals surface area (Å²) in [6, 6.07) is 31.8. The van der Waals surface area contributed by atoms with Crippen molar-refractivity contribution in [1.82, 2.24) is 24.8 Å². The molecule has 2 aromatic heterocycles. The molecule has 49 heavy (non-hydrogen) atoms. The summed E-state index contributed by atoms with van der Waals surface area (Å²) in [5.74, 6) is -1.31. The molecule has 1 aliphatic heterocycles. The molecule has 0 saturated carbocycles. The molecule has 7 rings (SSSR count). The lowest BCUT2D eigenvalue weighted by Gasteiger charge is -2.28. The highest BCUT2D eigenvalue weighted by Gasteiger charge is 2.52. The maximum absolute atomic E-state index is 14.2. The molecule has 246 valence electrons. The molecular formula is C39H36N6O4. The summed E-state index contributed by atoms with van der Waals surface area (Å²) < 4.78 is 3.03. The van der Waals surface area contributed by atoms with Crippen LogP contribution < -0.4 is 10.5 Å². The van der Waals surface area contributed by atoms with Gasteiger partial charge >= 0.3 is 0 Å². The number of aromatic nitrogens is 5. The fraction of sp³-hybridized carbons (Fsp3) is 0.205. The summed E-state index contributed by atoms with van der Waals surface area (Å²) in [5.41, 5.74) is 1.86. The normalized spacial score (nSPS) is 17.1. The van der Waals surface area contributed by atoms with E-state index < -0.39 is 17.4 Å². The number of carbonyl (C=O) groups is 1. The predicted octanol–water partition coefficient (Wildman–Crippen LogP) is 5.12. The number of allylic oxidation sites excluding steroid dienone is 1. The molecule has 6 aromatic rings. The van der Waals surface area contributed by atoms with E-state index in [0.717, 1.165) is 16.5 Å². The number of benzene rings is 4. The van der Waals surface area contributed by atoms with Crippen LogP contribution in [0.25, 0.3) is 16.5 Å². The molecule has 10 nitrogen and oxygen atoms in total. The summed E-state index contributed by atoms with van der Waals surface area (Å²) in [6.07, 6.45) is 7.82. The highest BCUT2D eigenvalue weighted by atomic mass is 16.3. The van der Waals surface area contributed by atoms with Crippen LogP contribution in [0.2, 0.25) is 0 Å². The average molecular weight is 653 g/mol. The Morgan fingerprint density at radius 1 is 0.918 bits per heavy atom. The van der Waals surface area contributed by atoms with Gasteiger partial charge in [-0.25, -0.2) is 0 Å². The minimum absolute atomic E-state index is 0.0806. The fourth-order valence-electron chi connectivity index (χ4n) is 6.55. The van der Waals surface area contributed by atoms with E-state index in [1.807, 2.05) is 104 Å². The van der Waals surface area contributed by atoms with Crippen molar-refractivity contribution in [3.05, 3.63) is 160 Å². The lowest BCUT2D eigenvalue weighted by atomic mass is 9.82. The topological polar surface area (TPSA) is 126 Å². The standard InChI is InChI=1S/C39H36N6O4/c1-27(12-10-11-21-43-25-35(41-42-43)33(26-46)29-15-6-3-7-16-29)39(49)34-22-31(45-37(47)32-18-9-8-17-30(32)23-40-45)19-20-36(34)44(38(39)48)24-28-13-4-2-5-14-28/h2-10,12-20,22-23,25,27,33,46,49H,11,21,24,26H2,1H3/b12-10+/t27-,33?,39+/m1/s1. The summed E-state index contributed by atoms with van der Waals surface area (Å²) in [6.45, 7) is 2.54. The van der Waals surface area contributed by atoms with Gasteiger partial charge in [-0.05, 0) is 41.8 Å². The van der Waals surface area contributed by atoms with Gasteiger partial charge in [0.1, 0.15) is 0 Å². The Hall–Kier alpha value is -5.71. The van der Waals surface area contributed by atoms with Crippen LogP contribution >= 0.6 is 0 Å². The third-order valence-corrected chi connectivity index (χ3v) is 9.28. The van der Waals surface area contributed by atoms with Crippen LogP contribution in [0.15, 0.2) is 132 Å². The predicted molar refractivity (Wildman–Crippen MR) is 187 cm³/mol. The average Bonchev–Trinajstić information content (AvgIpc) is 3.69. The van der Waals surface area contributed by atoms with E-state index in [1.54, 1.807) is 40.0 Å². The SMILES string of the molecule is C[C@H](/C=C/CCn1cc(C(CO)c2ccccc2)nn1)[C@@]1(O)C(=O)N(Cc2ccccc2)c2ccc(-n3ncc4ccccc4c3=O)cc21. The largest absolute Gasteiger partial charge is 0.395 e. The van der Waals surface area contributed by atoms with Gasteiger partial charge in [0.2, 0.25) is 0 Å². The molecule has 0 radical (unpaired) electrons. The van der Waals surface area contributed by atoms with Gasteiger partial charge in [-0.15, -0.1) is 5.10 Å². The fourth-order valence-corrected chi connectivity index (χ4v) is 6.55. The second-order valence-corrected chi connectivity index (χ2v) is 12.4. The molecule has 10 heteroatoms. The maximum Gasteiger partial charge on any atom is 0.279 e. The zero-order chi connectivity index (χ0) is 34.0. The van der Waals surface area contributed by atoms with E-state index in [-0.39, 0.29) is 24.6 Å². The first-order valence-corrected chi connectivity index (χ1v) is 16.3. The summed E-state index contributed by atoms with van der Waals surface area (Å²) >= 11 is 0. The van der Waals surface area contributed by atoms with E-state index >= 15 is 0 Å². The van der Waals surface area contributed by atoms with Crippen LogP contribution in [0.5, 0.6) is 0 Å². The molecule has 4 aromatic carbocycles. The number of anilines is 1. The number of hydrogen-bond acceptors (Lipinski definition) is 7. The van der Waals surface area contributed by atoms with Crippen molar-refractivity contribution in [2.24, 2.45) is 5.92 Å². The number of hydrogen-bond donors (Lipinski definition) is 2. The lowest BCUT2D eigenvalue weighted by Crippen LogP contribution is -2.44. The number of rotatable bonds is 11. The van der Waals surface area contributed by atoms with Crippen molar-refractivity contribution in [2.45, 2.75) is 38.0 Å². The monoisotopic (exact) mass is 652 g/mol. The highest BCUT2D eigenvalue weighted by molar-refractivity contribution is 6.07. The van der Waals surface area contributed by atoms with E-state index in [4.69, 9.17) is 0 Å². The van der Waals surface area contributed by atoms with E-state index in [0.29, 0.717) is 41.0 Å². The Morgan fingerprint density at radius 2 is 1.65 bits per heavy atom. The zero-order valence-electron chi connectivity index (χ0n) is 27.0. The summed E-state index contributed by atoms with van der Waals surface area (Å²) in [7, 11) is 0. The van der Waals surface area contributed by atoms with E-state index in [1.165, 1.54) is 4.68 Å². The van der Waals surface area contributed by atoms with Crippen molar-refractivity contribution in [1.29, 1.82) is 0 Å². The maximum atomic E-state index is 14.2. The molecular weight excluding hydrogens is 616 g/mol. The van der Waals surface area contributed by atoms with Crippen molar-refractivity contribution < 1.29 is 15.0 Å². The minimum atomic E-state index is -1.89. The molecule has 1 aliphatic rings. The molecule has 0 bridgehead atoms. The first kappa shape index (κ1) is 31.9. The number of aliphatic hydroxyl groups excluding tert-OH is 1.